The van der Waals surface area contributed by atoms with E-state index in [4.69, 9.17) is 9.47 Å². The lowest BCUT2D eigenvalue weighted by Crippen LogP contribution is -2.80. The van der Waals surface area contributed by atoms with E-state index in [1.165, 1.54) is 12.1 Å². The summed E-state index contributed by atoms with van der Waals surface area (Å²) >= 11 is 0. The average molecular weight is 326 g/mol. The van der Waals surface area contributed by atoms with E-state index < -0.39 is 11.7 Å². The topological polar surface area (TPSA) is 35.1 Å². The first-order valence-electron chi connectivity index (χ1n) is 7.12. The predicted octanol–water partition coefficient (Wildman–Crippen LogP) is 2.99. The Morgan fingerprint density at radius 2 is 1.39 bits per heavy atom. The Balaban J connectivity index is 1.92. The van der Waals surface area contributed by atoms with Crippen LogP contribution in [0.3, 0.4) is 0 Å². The molecule has 0 aromatic heterocycles. The highest BCUT2D eigenvalue weighted by Crippen LogP contribution is 2.29. The highest BCUT2D eigenvalue weighted by atomic mass is 19.4. The van der Waals surface area contributed by atoms with Gasteiger partial charge in [-0.2, -0.15) is 13.2 Å². The van der Waals surface area contributed by atoms with Crippen LogP contribution in [0, 0.1) is 0 Å². The van der Waals surface area contributed by atoms with Crippen LogP contribution < -0.4 is 14.8 Å². The van der Waals surface area contributed by atoms with E-state index in [9.17, 15) is 13.2 Å². The van der Waals surface area contributed by atoms with Gasteiger partial charge in [0.05, 0.1) is 19.8 Å². The Morgan fingerprint density at radius 3 is 1.96 bits per heavy atom. The molecule has 0 aliphatic carbocycles. The number of nitrogens with two attached hydrogens (primary N) is 1. The van der Waals surface area contributed by atoms with Gasteiger partial charge >= 0.3 is 6.18 Å². The summed E-state index contributed by atoms with van der Waals surface area (Å²) in [7, 11) is 3.15. The smallest absolute Gasteiger partial charge is 0.416 e. The van der Waals surface area contributed by atoms with Gasteiger partial charge in [0.1, 0.15) is 13.1 Å². The van der Waals surface area contributed by atoms with Crippen molar-refractivity contribution in [2.75, 3.05) is 14.2 Å². The summed E-state index contributed by atoms with van der Waals surface area (Å²) in [5.41, 5.74) is 1.27. The third-order valence-corrected chi connectivity index (χ3v) is 3.49. The fourth-order valence-electron chi connectivity index (χ4n) is 2.24. The number of alkyl halides is 3. The molecule has 0 amide bonds. The zero-order chi connectivity index (χ0) is 16.9. The van der Waals surface area contributed by atoms with Crippen molar-refractivity contribution in [3.8, 4) is 11.5 Å². The molecule has 23 heavy (non-hydrogen) atoms. The van der Waals surface area contributed by atoms with Gasteiger partial charge in [0, 0.05) is 11.1 Å². The molecule has 2 aromatic rings. The normalized spacial score (nSPS) is 11.3. The number of rotatable bonds is 6. The second-order valence-corrected chi connectivity index (χ2v) is 5.08. The Bertz CT molecular complexity index is 639. The summed E-state index contributed by atoms with van der Waals surface area (Å²) in [5, 5.41) is 2.02. The minimum Gasteiger partial charge on any atom is -0.493 e. The summed E-state index contributed by atoms with van der Waals surface area (Å²) in [4.78, 5) is 0. The maximum atomic E-state index is 12.5. The fraction of sp³-hybridized carbons (Fsp3) is 0.294. The number of methoxy groups -OCH3 is 2. The Hall–Kier alpha value is -2.21. The molecule has 6 heteroatoms. The summed E-state index contributed by atoms with van der Waals surface area (Å²) in [6.45, 7) is 1.30. The molecule has 3 nitrogen and oxygen atoms in total. The van der Waals surface area contributed by atoms with E-state index >= 15 is 0 Å². The van der Waals surface area contributed by atoms with E-state index in [0.717, 1.165) is 23.3 Å². The Labute approximate surface area is 133 Å². The van der Waals surface area contributed by atoms with Crippen LogP contribution in [-0.4, -0.2) is 14.2 Å². The number of quaternary nitrogens is 1. The summed E-state index contributed by atoms with van der Waals surface area (Å²) < 4.78 is 47.9. The highest BCUT2D eigenvalue weighted by molar-refractivity contribution is 5.42. The molecule has 124 valence electrons. The maximum absolute atomic E-state index is 12.5. The van der Waals surface area contributed by atoms with Crippen LogP contribution in [0.15, 0.2) is 42.5 Å². The SMILES string of the molecule is COc1ccc(C[NH2+]Cc2ccc(C(F)(F)F)cc2)cc1OC. The van der Waals surface area contributed by atoms with E-state index in [2.05, 4.69) is 0 Å². The second-order valence-electron chi connectivity index (χ2n) is 5.08. The summed E-state index contributed by atoms with van der Waals surface area (Å²) in [6.07, 6.45) is -4.29. The van der Waals surface area contributed by atoms with Gasteiger partial charge < -0.3 is 14.8 Å². The van der Waals surface area contributed by atoms with Crippen molar-refractivity contribution in [2.45, 2.75) is 19.3 Å². The van der Waals surface area contributed by atoms with Gasteiger partial charge in [0.2, 0.25) is 0 Å². The largest absolute Gasteiger partial charge is 0.493 e. The van der Waals surface area contributed by atoms with Gasteiger partial charge in [0.25, 0.3) is 0 Å². The van der Waals surface area contributed by atoms with Crippen LogP contribution in [-0.2, 0) is 19.3 Å². The molecule has 2 rings (SSSR count). The van der Waals surface area contributed by atoms with Crippen molar-refractivity contribution >= 4 is 0 Å². The zero-order valence-corrected chi connectivity index (χ0v) is 13.0. The summed E-state index contributed by atoms with van der Waals surface area (Å²) in [6, 6.07) is 10.9. The maximum Gasteiger partial charge on any atom is 0.416 e. The number of ether oxygens (including phenoxy) is 2. The van der Waals surface area contributed by atoms with Crippen molar-refractivity contribution in [1.29, 1.82) is 0 Å². The standard InChI is InChI=1S/C17H18F3NO2/c1-22-15-8-5-13(9-16(15)23-2)11-21-10-12-3-6-14(7-4-12)17(18,19)20/h3-9,21H,10-11H2,1-2H3/p+1. The van der Waals surface area contributed by atoms with Crippen LogP contribution in [0.1, 0.15) is 16.7 Å². The molecule has 0 fully saturated rings. The van der Waals surface area contributed by atoms with E-state index in [0.29, 0.717) is 24.6 Å². The Morgan fingerprint density at radius 1 is 0.826 bits per heavy atom. The molecule has 2 N–H and O–H groups in total. The highest BCUT2D eigenvalue weighted by Gasteiger charge is 2.29. The molecule has 2 aromatic carbocycles. The molecule has 0 atom stereocenters. The molecule has 0 aliphatic heterocycles. The summed E-state index contributed by atoms with van der Waals surface area (Å²) in [5.74, 6) is 1.33. The van der Waals surface area contributed by atoms with Crippen molar-refractivity contribution in [3.63, 3.8) is 0 Å². The minimum atomic E-state index is -4.29. The van der Waals surface area contributed by atoms with Crippen molar-refractivity contribution in [2.24, 2.45) is 0 Å². The van der Waals surface area contributed by atoms with Crippen LogP contribution in [0.2, 0.25) is 0 Å². The van der Waals surface area contributed by atoms with Crippen LogP contribution >= 0.6 is 0 Å². The number of hydrogen-bond donors (Lipinski definition) is 1. The second kappa shape index (κ2) is 7.37. The number of benzene rings is 2. The third kappa shape index (κ3) is 4.63. The first-order valence-corrected chi connectivity index (χ1v) is 7.12. The monoisotopic (exact) mass is 326 g/mol. The fourth-order valence-corrected chi connectivity index (χ4v) is 2.24. The zero-order valence-electron chi connectivity index (χ0n) is 13.0. The molecule has 0 bridgehead atoms. The first kappa shape index (κ1) is 17.1. The first-order chi connectivity index (χ1) is 10.9. The van der Waals surface area contributed by atoms with Crippen LogP contribution in [0.5, 0.6) is 11.5 Å². The lowest BCUT2D eigenvalue weighted by molar-refractivity contribution is -0.686. The van der Waals surface area contributed by atoms with Gasteiger partial charge in [0.15, 0.2) is 11.5 Å². The molecule has 0 unspecified atom stereocenters. The Kier molecular flexibility index (Phi) is 5.50. The quantitative estimate of drug-likeness (QED) is 0.886. The molecule has 0 spiro atoms. The number of hydrogen-bond acceptors (Lipinski definition) is 2. The lowest BCUT2D eigenvalue weighted by Gasteiger charge is -2.09. The predicted molar refractivity (Wildman–Crippen MR) is 80.3 cm³/mol. The molecule has 0 aliphatic rings. The van der Waals surface area contributed by atoms with Gasteiger partial charge in [-0.1, -0.05) is 12.1 Å². The molecule has 0 heterocycles. The minimum absolute atomic E-state index is 0.604. The average Bonchev–Trinajstić information content (AvgIpc) is 2.54. The van der Waals surface area contributed by atoms with E-state index in [1.54, 1.807) is 14.2 Å². The van der Waals surface area contributed by atoms with Gasteiger partial charge in [-0.15, -0.1) is 0 Å². The molecular formula is C17H19F3NO2+. The third-order valence-electron chi connectivity index (χ3n) is 3.49. The van der Waals surface area contributed by atoms with Crippen molar-refractivity contribution in [3.05, 3.63) is 59.2 Å². The number of halogens is 3. The molecule has 0 saturated heterocycles. The van der Waals surface area contributed by atoms with E-state index in [1.807, 2.05) is 23.5 Å². The lowest BCUT2D eigenvalue weighted by atomic mass is 10.1. The van der Waals surface area contributed by atoms with Gasteiger partial charge in [-0.05, 0) is 30.3 Å². The van der Waals surface area contributed by atoms with Crippen LogP contribution in [0.25, 0.3) is 0 Å². The molecule has 0 saturated carbocycles. The van der Waals surface area contributed by atoms with Crippen LogP contribution in [0.4, 0.5) is 13.2 Å². The van der Waals surface area contributed by atoms with E-state index in [-0.39, 0.29) is 0 Å². The van der Waals surface area contributed by atoms with Crippen molar-refractivity contribution < 1.29 is 28.0 Å². The van der Waals surface area contributed by atoms with Gasteiger partial charge in [-0.25, -0.2) is 0 Å². The molecule has 0 radical (unpaired) electrons. The van der Waals surface area contributed by atoms with Gasteiger partial charge in [-0.3, -0.25) is 0 Å². The van der Waals surface area contributed by atoms with Crippen molar-refractivity contribution in [1.82, 2.24) is 0 Å². The molecular weight excluding hydrogens is 307 g/mol.